The van der Waals surface area contributed by atoms with Crippen LogP contribution >= 0.6 is 11.6 Å². The van der Waals surface area contributed by atoms with Crippen LogP contribution in [0.25, 0.3) is 16.9 Å². The number of hydrogen-bond acceptors (Lipinski definition) is 4. The van der Waals surface area contributed by atoms with Crippen molar-refractivity contribution >= 4 is 22.8 Å². The molecule has 0 unspecified atom stereocenters. The van der Waals surface area contributed by atoms with E-state index in [1.165, 1.54) is 10.6 Å². The Bertz CT molecular complexity index is 1350. The molecule has 0 bridgehead atoms. The van der Waals surface area contributed by atoms with E-state index in [4.69, 9.17) is 16.3 Å². The fourth-order valence-corrected chi connectivity index (χ4v) is 3.55. The first-order valence-corrected chi connectivity index (χ1v) is 9.61. The van der Waals surface area contributed by atoms with E-state index in [-0.39, 0.29) is 12.2 Å². The molecular weight excluding hydrogens is 404 g/mol. The Morgan fingerprint density at radius 1 is 1.17 bits per heavy atom. The quantitative estimate of drug-likeness (QED) is 0.447. The molecule has 0 atom stereocenters. The summed E-state index contributed by atoms with van der Waals surface area (Å²) in [7, 11) is 1.61. The van der Waals surface area contributed by atoms with Crippen LogP contribution in [0, 0.1) is 0 Å². The molecule has 4 rings (SSSR count). The molecule has 2 aromatic heterocycles. The smallest absolute Gasteiger partial charge is 0.337 e. The van der Waals surface area contributed by atoms with Gasteiger partial charge in [-0.05, 0) is 35.9 Å². The SMILES string of the molecule is C=CCn1c(=O)c2c(ncn2Cc2ccc(OC)cc2)n(-c2cccc(Cl)c2)c1=O. The highest BCUT2D eigenvalue weighted by molar-refractivity contribution is 6.30. The summed E-state index contributed by atoms with van der Waals surface area (Å²) in [5, 5.41) is 0.478. The number of nitrogens with zero attached hydrogens (tertiary/aromatic N) is 4. The summed E-state index contributed by atoms with van der Waals surface area (Å²) >= 11 is 6.13. The molecule has 30 heavy (non-hydrogen) atoms. The van der Waals surface area contributed by atoms with Crippen LogP contribution in [0.5, 0.6) is 5.75 Å². The van der Waals surface area contributed by atoms with Crippen molar-refractivity contribution in [2.45, 2.75) is 13.1 Å². The van der Waals surface area contributed by atoms with Crippen LogP contribution in [0.15, 0.2) is 77.1 Å². The lowest BCUT2D eigenvalue weighted by molar-refractivity contribution is 0.414. The van der Waals surface area contributed by atoms with Crippen LogP contribution in [-0.4, -0.2) is 25.8 Å². The lowest BCUT2D eigenvalue weighted by atomic mass is 10.2. The highest BCUT2D eigenvalue weighted by Crippen LogP contribution is 2.18. The summed E-state index contributed by atoms with van der Waals surface area (Å²) in [5.41, 5.74) is 1.19. The van der Waals surface area contributed by atoms with Crippen LogP contribution < -0.4 is 16.0 Å². The van der Waals surface area contributed by atoms with Crippen molar-refractivity contribution < 1.29 is 4.74 Å². The van der Waals surface area contributed by atoms with E-state index in [2.05, 4.69) is 11.6 Å². The number of hydrogen-bond donors (Lipinski definition) is 0. The van der Waals surface area contributed by atoms with Gasteiger partial charge in [-0.3, -0.25) is 9.36 Å². The number of rotatable bonds is 6. The number of halogens is 1. The van der Waals surface area contributed by atoms with Crippen LogP contribution in [0.3, 0.4) is 0 Å². The number of fused-ring (bicyclic) bond motifs is 1. The third-order valence-electron chi connectivity index (χ3n) is 4.79. The second-order valence-corrected chi connectivity index (χ2v) is 7.13. The Morgan fingerprint density at radius 2 is 1.93 bits per heavy atom. The number of imidazole rings is 1. The van der Waals surface area contributed by atoms with Gasteiger partial charge in [-0.2, -0.15) is 0 Å². The Hall–Kier alpha value is -3.58. The fourth-order valence-electron chi connectivity index (χ4n) is 3.37. The number of ether oxygens (including phenoxy) is 1. The van der Waals surface area contributed by atoms with E-state index >= 15 is 0 Å². The highest BCUT2D eigenvalue weighted by atomic mass is 35.5. The molecule has 0 spiro atoms. The van der Waals surface area contributed by atoms with E-state index in [1.54, 1.807) is 42.3 Å². The zero-order chi connectivity index (χ0) is 21.3. The van der Waals surface area contributed by atoms with E-state index < -0.39 is 11.2 Å². The molecule has 2 aromatic carbocycles. The predicted molar refractivity (Wildman–Crippen MR) is 117 cm³/mol. The summed E-state index contributed by atoms with van der Waals surface area (Å²) in [6, 6.07) is 14.4. The minimum Gasteiger partial charge on any atom is -0.497 e. The van der Waals surface area contributed by atoms with Crippen LogP contribution in [0.4, 0.5) is 0 Å². The first kappa shape index (κ1) is 19.7. The van der Waals surface area contributed by atoms with Crippen LogP contribution in [-0.2, 0) is 13.1 Å². The van der Waals surface area contributed by atoms with Gasteiger partial charge in [-0.25, -0.2) is 14.3 Å². The van der Waals surface area contributed by atoms with E-state index in [1.807, 2.05) is 24.3 Å². The number of aromatic nitrogens is 4. The second-order valence-electron chi connectivity index (χ2n) is 6.70. The van der Waals surface area contributed by atoms with Crippen molar-refractivity contribution in [2.24, 2.45) is 0 Å². The summed E-state index contributed by atoms with van der Waals surface area (Å²) in [6.45, 7) is 4.17. The molecule has 0 radical (unpaired) electrons. The fraction of sp³-hybridized carbons (Fsp3) is 0.136. The zero-order valence-electron chi connectivity index (χ0n) is 16.3. The topological polar surface area (TPSA) is 71.0 Å². The molecule has 4 aromatic rings. The maximum atomic E-state index is 13.2. The highest BCUT2D eigenvalue weighted by Gasteiger charge is 2.19. The Labute approximate surface area is 177 Å². The van der Waals surface area contributed by atoms with Gasteiger partial charge in [-0.15, -0.1) is 6.58 Å². The molecule has 8 heteroatoms. The van der Waals surface area contributed by atoms with E-state index in [0.29, 0.717) is 22.8 Å². The average Bonchev–Trinajstić information content (AvgIpc) is 3.15. The average molecular weight is 423 g/mol. The third kappa shape index (κ3) is 3.44. The van der Waals surface area contributed by atoms with Crippen molar-refractivity contribution in [3.05, 3.63) is 98.9 Å². The number of benzene rings is 2. The molecular formula is C22H19ClN4O3. The van der Waals surface area contributed by atoms with Crippen molar-refractivity contribution in [1.29, 1.82) is 0 Å². The van der Waals surface area contributed by atoms with Crippen LogP contribution in [0.1, 0.15) is 5.56 Å². The Balaban J connectivity index is 1.95. The van der Waals surface area contributed by atoms with E-state index in [9.17, 15) is 9.59 Å². The summed E-state index contributed by atoms with van der Waals surface area (Å²) in [6.07, 6.45) is 3.08. The van der Waals surface area contributed by atoms with Crippen molar-refractivity contribution in [1.82, 2.24) is 18.7 Å². The molecule has 0 fully saturated rings. The molecule has 0 aliphatic heterocycles. The van der Waals surface area contributed by atoms with Gasteiger partial charge in [0, 0.05) is 18.1 Å². The maximum Gasteiger partial charge on any atom is 0.337 e. The summed E-state index contributed by atoms with van der Waals surface area (Å²) in [5.74, 6) is 0.748. The summed E-state index contributed by atoms with van der Waals surface area (Å²) in [4.78, 5) is 30.7. The molecule has 0 saturated heterocycles. The van der Waals surface area contributed by atoms with Gasteiger partial charge in [0.1, 0.15) is 5.75 Å². The van der Waals surface area contributed by atoms with Gasteiger partial charge >= 0.3 is 5.69 Å². The molecule has 0 amide bonds. The first-order valence-electron chi connectivity index (χ1n) is 9.24. The van der Waals surface area contributed by atoms with Gasteiger partial charge in [0.15, 0.2) is 11.2 Å². The Kier molecular flexibility index (Phi) is 5.29. The first-order chi connectivity index (χ1) is 14.5. The van der Waals surface area contributed by atoms with Crippen molar-refractivity contribution in [3.63, 3.8) is 0 Å². The third-order valence-corrected chi connectivity index (χ3v) is 5.03. The lowest BCUT2D eigenvalue weighted by Crippen LogP contribution is -2.39. The summed E-state index contributed by atoms with van der Waals surface area (Å²) < 4.78 is 9.47. The van der Waals surface area contributed by atoms with Crippen LogP contribution in [0.2, 0.25) is 5.02 Å². The lowest BCUT2D eigenvalue weighted by Gasteiger charge is -2.12. The zero-order valence-corrected chi connectivity index (χ0v) is 17.0. The van der Waals surface area contributed by atoms with Crippen molar-refractivity contribution in [3.8, 4) is 11.4 Å². The molecule has 2 heterocycles. The minimum atomic E-state index is -0.496. The normalized spacial score (nSPS) is 11.0. The monoisotopic (exact) mass is 422 g/mol. The second kappa shape index (κ2) is 8.04. The molecule has 0 N–H and O–H groups in total. The largest absolute Gasteiger partial charge is 0.497 e. The standard InChI is InChI=1S/C22H19ClN4O3/c1-3-11-26-21(28)19-20(27(22(26)29)17-6-4-5-16(23)12-17)24-14-25(19)13-15-7-9-18(30-2)10-8-15/h3-10,12,14H,1,11,13H2,2H3. The molecule has 0 saturated carbocycles. The van der Waals surface area contributed by atoms with Gasteiger partial charge in [0.05, 0.1) is 19.1 Å². The van der Waals surface area contributed by atoms with E-state index in [0.717, 1.165) is 15.9 Å². The molecule has 0 aliphatic carbocycles. The molecule has 7 nitrogen and oxygen atoms in total. The maximum absolute atomic E-state index is 13.2. The van der Waals surface area contributed by atoms with Gasteiger partial charge in [-0.1, -0.05) is 35.9 Å². The predicted octanol–water partition coefficient (Wildman–Crippen LogP) is 3.25. The number of allylic oxidation sites excluding steroid dienone is 1. The van der Waals surface area contributed by atoms with Gasteiger partial charge < -0.3 is 9.30 Å². The van der Waals surface area contributed by atoms with Gasteiger partial charge in [0.2, 0.25) is 0 Å². The molecule has 152 valence electrons. The number of methoxy groups -OCH3 is 1. The van der Waals surface area contributed by atoms with Gasteiger partial charge in [0.25, 0.3) is 5.56 Å². The molecule has 0 aliphatic rings. The minimum absolute atomic E-state index is 0.0852. The Morgan fingerprint density at radius 3 is 2.60 bits per heavy atom. The van der Waals surface area contributed by atoms with Crippen molar-refractivity contribution in [2.75, 3.05) is 7.11 Å².